The minimum Gasteiger partial charge on any atom is -0.465 e. The molecule has 2 saturated heterocycles. The third kappa shape index (κ3) is 4.44. The summed E-state index contributed by atoms with van der Waals surface area (Å²) in [5.74, 6) is -2.38. The Kier molecular flexibility index (Phi) is 7.71. The van der Waals surface area contributed by atoms with Gasteiger partial charge in [0, 0.05) is 25.7 Å². The van der Waals surface area contributed by atoms with E-state index in [1.165, 1.54) is 0 Å². The first-order valence-corrected chi connectivity index (χ1v) is 13.2. The number of nitrogens with zero attached hydrogens (tertiary/aromatic N) is 2. The number of hydrogen-bond acceptors (Lipinski definition) is 6. The first kappa shape index (κ1) is 25.9. The molecule has 0 aromatic carbocycles. The molecule has 8 nitrogen and oxygen atoms in total. The van der Waals surface area contributed by atoms with Gasteiger partial charge in [0.2, 0.25) is 11.8 Å². The van der Waals surface area contributed by atoms with Crippen molar-refractivity contribution >= 4 is 17.8 Å². The van der Waals surface area contributed by atoms with Crippen molar-refractivity contribution in [3.05, 3.63) is 24.3 Å². The van der Waals surface area contributed by atoms with Crippen molar-refractivity contribution in [1.82, 2.24) is 9.80 Å². The zero-order valence-electron chi connectivity index (χ0n) is 21.3. The zero-order chi connectivity index (χ0) is 25.2. The Labute approximate surface area is 208 Å². The molecular formula is C27H40N2O6. The second-order valence-corrected chi connectivity index (χ2v) is 10.6. The Morgan fingerprint density at radius 2 is 1.86 bits per heavy atom. The second kappa shape index (κ2) is 10.4. The normalized spacial score (nSPS) is 35.2. The molecule has 194 valence electrons. The van der Waals surface area contributed by atoms with Crippen LogP contribution in [0.3, 0.4) is 0 Å². The summed E-state index contributed by atoms with van der Waals surface area (Å²) < 4.78 is 12.3. The molecule has 0 bridgehead atoms. The van der Waals surface area contributed by atoms with Crippen LogP contribution < -0.4 is 0 Å². The number of fused-ring (bicyclic) bond motifs is 2. The van der Waals surface area contributed by atoms with Crippen LogP contribution in [-0.2, 0) is 23.9 Å². The molecule has 0 radical (unpaired) electrons. The lowest BCUT2D eigenvalue weighted by Crippen LogP contribution is -2.57. The highest BCUT2D eigenvalue weighted by atomic mass is 16.6. The Morgan fingerprint density at radius 1 is 1.09 bits per heavy atom. The van der Waals surface area contributed by atoms with Crippen molar-refractivity contribution in [2.24, 2.45) is 11.8 Å². The minimum atomic E-state index is -1.22. The third-order valence-corrected chi connectivity index (χ3v) is 8.10. The number of likely N-dealkylation sites (tertiary alicyclic amines) is 1. The van der Waals surface area contributed by atoms with E-state index in [1.807, 2.05) is 43.1 Å². The monoisotopic (exact) mass is 488 g/mol. The molecule has 2 amide bonds. The van der Waals surface area contributed by atoms with Gasteiger partial charge in [0.25, 0.3) is 0 Å². The van der Waals surface area contributed by atoms with E-state index in [0.29, 0.717) is 19.5 Å². The number of ether oxygens (including phenoxy) is 2. The molecule has 2 unspecified atom stereocenters. The van der Waals surface area contributed by atoms with Gasteiger partial charge in [-0.25, -0.2) is 0 Å². The molecular weight excluding hydrogens is 448 g/mol. The summed E-state index contributed by atoms with van der Waals surface area (Å²) in [6.45, 7) is 7.26. The highest BCUT2D eigenvalue weighted by molar-refractivity contribution is 5.99. The zero-order valence-corrected chi connectivity index (χ0v) is 21.3. The molecule has 2 fully saturated rings. The molecule has 0 aliphatic carbocycles. The molecule has 8 heteroatoms. The summed E-state index contributed by atoms with van der Waals surface area (Å²) in [5, 5.41) is 9.09. The molecule has 0 aromatic heterocycles. The summed E-state index contributed by atoms with van der Waals surface area (Å²) >= 11 is 0. The van der Waals surface area contributed by atoms with Crippen LogP contribution in [-0.4, -0.2) is 82.3 Å². The van der Waals surface area contributed by atoms with Gasteiger partial charge < -0.3 is 24.4 Å². The lowest BCUT2D eigenvalue weighted by Gasteiger charge is -2.39. The predicted octanol–water partition coefficient (Wildman–Crippen LogP) is 2.60. The van der Waals surface area contributed by atoms with Crippen LogP contribution in [0.2, 0.25) is 0 Å². The van der Waals surface area contributed by atoms with E-state index in [1.54, 1.807) is 4.90 Å². The number of esters is 1. The van der Waals surface area contributed by atoms with Gasteiger partial charge in [-0.1, -0.05) is 50.5 Å². The van der Waals surface area contributed by atoms with Crippen molar-refractivity contribution in [3.8, 4) is 0 Å². The molecule has 6 atom stereocenters. The molecule has 4 heterocycles. The smallest absolute Gasteiger partial charge is 0.313 e. The Hall–Kier alpha value is -2.19. The maximum Gasteiger partial charge on any atom is 0.313 e. The van der Waals surface area contributed by atoms with Crippen LogP contribution in [0.15, 0.2) is 24.3 Å². The SMILES string of the molecule is CCCC(C)N1CC=C[C@]23O[C@@]4(C)C=CCCOC(=O)[C@H]4[C@H]2C(=O)N(CCCCCCO)C3C1=O. The average Bonchev–Trinajstić information content (AvgIpc) is 3.12. The van der Waals surface area contributed by atoms with Crippen molar-refractivity contribution in [2.45, 2.75) is 89.0 Å². The number of rotatable bonds is 9. The van der Waals surface area contributed by atoms with Gasteiger partial charge in [-0.05, 0) is 39.5 Å². The Morgan fingerprint density at radius 3 is 2.60 bits per heavy atom. The van der Waals surface area contributed by atoms with E-state index in [9.17, 15) is 14.4 Å². The fourth-order valence-electron chi connectivity index (χ4n) is 6.46. The van der Waals surface area contributed by atoms with Crippen LogP contribution in [0, 0.1) is 11.8 Å². The van der Waals surface area contributed by atoms with Gasteiger partial charge in [-0.3, -0.25) is 14.4 Å². The lowest BCUT2D eigenvalue weighted by atomic mass is 9.74. The van der Waals surface area contributed by atoms with Crippen molar-refractivity contribution in [3.63, 3.8) is 0 Å². The minimum absolute atomic E-state index is 0.0309. The first-order valence-electron chi connectivity index (χ1n) is 13.2. The summed E-state index contributed by atoms with van der Waals surface area (Å²) in [4.78, 5) is 44.9. The molecule has 0 saturated carbocycles. The summed E-state index contributed by atoms with van der Waals surface area (Å²) in [5.41, 5.74) is -2.24. The number of carbonyl (C=O) groups is 3. The maximum atomic E-state index is 14.1. The topological polar surface area (TPSA) is 96.4 Å². The van der Waals surface area contributed by atoms with E-state index in [-0.39, 0.29) is 31.1 Å². The van der Waals surface area contributed by atoms with E-state index in [2.05, 4.69) is 6.92 Å². The summed E-state index contributed by atoms with van der Waals surface area (Å²) in [6, 6.07) is -0.787. The third-order valence-electron chi connectivity index (χ3n) is 8.10. The van der Waals surface area contributed by atoms with Gasteiger partial charge in [-0.15, -0.1) is 0 Å². The van der Waals surface area contributed by atoms with Gasteiger partial charge in [0.15, 0.2) is 0 Å². The van der Waals surface area contributed by atoms with Crippen LogP contribution in [0.4, 0.5) is 0 Å². The van der Waals surface area contributed by atoms with E-state index >= 15 is 0 Å². The number of hydrogen-bond donors (Lipinski definition) is 1. The first-order chi connectivity index (χ1) is 16.8. The van der Waals surface area contributed by atoms with Crippen LogP contribution in [0.25, 0.3) is 0 Å². The van der Waals surface area contributed by atoms with Gasteiger partial charge in [-0.2, -0.15) is 0 Å². The molecule has 0 aromatic rings. The Balaban J connectivity index is 1.74. The van der Waals surface area contributed by atoms with Crippen LogP contribution >= 0.6 is 0 Å². The van der Waals surface area contributed by atoms with Crippen molar-refractivity contribution < 1.29 is 29.0 Å². The van der Waals surface area contributed by atoms with Crippen molar-refractivity contribution in [2.75, 3.05) is 26.3 Å². The molecule has 35 heavy (non-hydrogen) atoms. The number of unbranched alkanes of at least 4 members (excludes halogenated alkanes) is 3. The quantitative estimate of drug-likeness (QED) is 0.305. The molecule has 1 spiro atoms. The largest absolute Gasteiger partial charge is 0.465 e. The standard InChI is InChI=1S/C27H40N2O6/c1-4-12-19(2)28-16-11-14-27-20(21-25(33)34-18-10-7-13-26(21,3)35-27)23(31)29(22(27)24(28)32)15-8-5-6-9-17-30/h7,11,13-14,19-22,30H,4-6,8-10,12,15-18H2,1-3H3/t19?,20-,21+,22?,26-,27-/m0/s1. The maximum absolute atomic E-state index is 14.1. The second-order valence-electron chi connectivity index (χ2n) is 10.6. The molecule has 1 N–H and O–H groups in total. The van der Waals surface area contributed by atoms with Crippen LogP contribution in [0.5, 0.6) is 0 Å². The number of cyclic esters (lactones) is 1. The number of aliphatic hydroxyl groups is 1. The number of aliphatic hydroxyl groups excluding tert-OH is 1. The van der Waals surface area contributed by atoms with Crippen molar-refractivity contribution in [1.29, 1.82) is 0 Å². The van der Waals surface area contributed by atoms with Crippen LogP contribution in [0.1, 0.15) is 65.7 Å². The molecule has 4 aliphatic rings. The van der Waals surface area contributed by atoms with E-state index in [4.69, 9.17) is 14.6 Å². The molecule has 4 rings (SSSR count). The van der Waals surface area contributed by atoms with E-state index in [0.717, 1.165) is 38.5 Å². The highest BCUT2D eigenvalue weighted by Crippen LogP contribution is 2.57. The van der Waals surface area contributed by atoms with Gasteiger partial charge >= 0.3 is 5.97 Å². The van der Waals surface area contributed by atoms with Gasteiger partial charge in [0.05, 0.1) is 18.1 Å². The summed E-state index contributed by atoms with van der Waals surface area (Å²) in [6.07, 6.45) is 13.2. The molecule has 4 aliphatic heterocycles. The highest BCUT2D eigenvalue weighted by Gasteiger charge is 2.74. The number of carbonyl (C=O) groups excluding carboxylic acids is 3. The fourth-order valence-corrected chi connectivity index (χ4v) is 6.46. The predicted molar refractivity (Wildman–Crippen MR) is 130 cm³/mol. The van der Waals surface area contributed by atoms with Gasteiger partial charge in [0.1, 0.15) is 17.6 Å². The lowest BCUT2D eigenvalue weighted by molar-refractivity contribution is -0.160. The van der Waals surface area contributed by atoms with E-state index < -0.39 is 35.0 Å². The summed E-state index contributed by atoms with van der Waals surface area (Å²) in [7, 11) is 0. The fraction of sp³-hybridized carbons (Fsp3) is 0.741. The average molecular weight is 489 g/mol. The Bertz CT molecular complexity index is 887. The number of amides is 2.